The minimum Gasteiger partial charge on any atom is -0.394 e. The third-order valence-electron chi connectivity index (χ3n) is 3.67. The molecular formula is C20H32ClN3O. The van der Waals surface area contributed by atoms with E-state index in [9.17, 15) is 4.79 Å². The molecule has 0 spiro atoms. The number of benzene rings is 1. The monoisotopic (exact) mass is 365 g/mol. The summed E-state index contributed by atoms with van der Waals surface area (Å²) in [6, 6.07) is 7.36. The third-order valence-corrected chi connectivity index (χ3v) is 3.92. The van der Waals surface area contributed by atoms with Crippen LogP contribution in [0.4, 0.5) is 0 Å². The van der Waals surface area contributed by atoms with E-state index in [4.69, 9.17) is 17.3 Å². The highest BCUT2D eigenvalue weighted by Crippen LogP contribution is 2.15. The zero-order chi connectivity index (χ0) is 19.2. The summed E-state index contributed by atoms with van der Waals surface area (Å²) in [4.78, 5) is 16.6. The lowest BCUT2D eigenvalue weighted by molar-refractivity contribution is -0.117. The number of hydrogen-bond acceptors (Lipinski definition) is 3. The standard InChI is InChI=1S/C18H26ClN3O.C2H6/c1-4-6-7-15(16(5-2)21-3)17(20)18(23)22-12-13-8-10-14(19)11-9-13;1-2/h8-11H,4-7,12,20H2,1-3H3,(H,22,23);1-2H3/b17-15-,21-16?;. The highest BCUT2D eigenvalue weighted by atomic mass is 35.5. The predicted octanol–water partition coefficient (Wildman–Crippen LogP) is 4.87. The Morgan fingerprint density at radius 1 is 1.20 bits per heavy atom. The molecule has 1 rings (SSSR count). The number of unbranched alkanes of at least 4 members (excludes halogenated alkanes) is 1. The molecule has 0 heterocycles. The van der Waals surface area contributed by atoms with E-state index in [1.165, 1.54) is 0 Å². The van der Waals surface area contributed by atoms with Gasteiger partial charge in [0.05, 0.1) is 0 Å². The summed E-state index contributed by atoms with van der Waals surface area (Å²) < 4.78 is 0. The first-order valence-corrected chi connectivity index (χ1v) is 9.38. The van der Waals surface area contributed by atoms with Crippen molar-refractivity contribution < 1.29 is 4.79 Å². The molecule has 140 valence electrons. The second kappa shape index (κ2) is 13.5. The van der Waals surface area contributed by atoms with Crippen molar-refractivity contribution >= 4 is 23.2 Å². The summed E-state index contributed by atoms with van der Waals surface area (Å²) in [5.41, 5.74) is 9.13. The van der Waals surface area contributed by atoms with Crippen LogP contribution in [0.25, 0.3) is 0 Å². The van der Waals surface area contributed by atoms with Crippen LogP contribution in [0.3, 0.4) is 0 Å². The van der Waals surface area contributed by atoms with E-state index < -0.39 is 0 Å². The maximum absolute atomic E-state index is 12.3. The molecule has 0 radical (unpaired) electrons. The topological polar surface area (TPSA) is 67.5 Å². The number of rotatable bonds is 8. The quantitative estimate of drug-likeness (QED) is 0.510. The van der Waals surface area contributed by atoms with Gasteiger partial charge in [-0.25, -0.2) is 0 Å². The number of nitrogens with one attached hydrogen (secondary N) is 1. The predicted molar refractivity (Wildman–Crippen MR) is 109 cm³/mol. The normalized spacial score (nSPS) is 12.0. The Bertz CT molecular complexity index is 577. The number of aliphatic imine (C=N–C) groups is 1. The Hall–Kier alpha value is -1.81. The van der Waals surface area contributed by atoms with Crippen LogP contribution in [0.2, 0.25) is 5.02 Å². The van der Waals surface area contributed by atoms with E-state index in [1.807, 2.05) is 32.9 Å². The molecule has 0 unspecified atom stereocenters. The molecule has 4 nitrogen and oxygen atoms in total. The Balaban J connectivity index is 0.00000277. The molecular weight excluding hydrogens is 334 g/mol. The van der Waals surface area contributed by atoms with Gasteiger partial charge in [0.25, 0.3) is 5.91 Å². The minimum absolute atomic E-state index is 0.249. The molecule has 0 aliphatic carbocycles. The highest BCUT2D eigenvalue weighted by molar-refractivity contribution is 6.30. The summed E-state index contributed by atoms with van der Waals surface area (Å²) in [6.45, 7) is 8.55. The zero-order valence-electron chi connectivity index (χ0n) is 16.2. The smallest absolute Gasteiger partial charge is 0.267 e. The van der Waals surface area contributed by atoms with Crippen LogP contribution in [0.1, 0.15) is 58.9 Å². The Morgan fingerprint density at radius 3 is 2.28 bits per heavy atom. The Labute approximate surface area is 157 Å². The molecule has 5 heteroatoms. The van der Waals surface area contributed by atoms with Gasteiger partial charge in [0.15, 0.2) is 0 Å². The van der Waals surface area contributed by atoms with Gasteiger partial charge in [0.2, 0.25) is 0 Å². The number of nitrogens with zero attached hydrogens (tertiary/aromatic N) is 1. The van der Waals surface area contributed by atoms with Gasteiger partial charge in [-0.05, 0) is 37.0 Å². The minimum atomic E-state index is -0.249. The van der Waals surface area contributed by atoms with Gasteiger partial charge in [-0.15, -0.1) is 0 Å². The molecule has 0 aromatic heterocycles. The molecule has 0 atom stereocenters. The third kappa shape index (κ3) is 8.21. The first-order valence-electron chi connectivity index (χ1n) is 9.00. The molecule has 0 saturated carbocycles. The van der Waals surface area contributed by atoms with Crippen LogP contribution in [0.5, 0.6) is 0 Å². The number of allylic oxidation sites excluding steroid dienone is 1. The van der Waals surface area contributed by atoms with E-state index >= 15 is 0 Å². The fraction of sp³-hybridized carbons (Fsp3) is 0.500. The molecule has 25 heavy (non-hydrogen) atoms. The van der Waals surface area contributed by atoms with Crippen LogP contribution in [-0.2, 0) is 11.3 Å². The molecule has 3 N–H and O–H groups in total. The van der Waals surface area contributed by atoms with Gasteiger partial charge >= 0.3 is 0 Å². The lowest BCUT2D eigenvalue weighted by atomic mass is 9.99. The van der Waals surface area contributed by atoms with Crippen molar-refractivity contribution in [2.24, 2.45) is 10.7 Å². The van der Waals surface area contributed by atoms with Gasteiger partial charge in [-0.2, -0.15) is 0 Å². The van der Waals surface area contributed by atoms with Gasteiger partial charge in [0.1, 0.15) is 5.70 Å². The molecule has 1 aromatic rings. The molecule has 0 bridgehead atoms. The van der Waals surface area contributed by atoms with Crippen molar-refractivity contribution in [1.82, 2.24) is 5.32 Å². The molecule has 0 aliphatic heterocycles. The van der Waals surface area contributed by atoms with Crippen LogP contribution < -0.4 is 11.1 Å². The molecule has 1 aromatic carbocycles. The van der Waals surface area contributed by atoms with Crippen molar-refractivity contribution in [3.8, 4) is 0 Å². The van der Waals surface area contributed by atoms with E-state index in [1.54, 1.807) is 19.2 Å². The summed E-state index contributed by atoms with van der Waals surface area (Å²) >= 11 is 5.85. The van der Waals surface area contributed by atoms with Crippen LogP contribution >= 0.6 is 11.6 Å². The van der Waals surface area contributed by atoms with E-state index in [0.717, 1.165) is 42.5 Å². The van der Waals surface area contributed by atoms with Gasteiger partial charge < -0.3 is 11.1 Å². The van der Waals surface area contributed by atoms with Crippen LogP contribution in [-0.4, -0.2) is 18.7 Å². The fourth-order valence-electron chi connectivity index (χ4n) is 2.31. The van der Waals surface area contributed by atoms with E-state index in [-0.39, 0.29) is 11.6 Å². The summed E-state index contributed by atoms with van der Waals surface area (Å²) in [7, 11) is 1.74. The summed E-state index contributed by atoms with van der Waals surface area (Å²) in [5.74, 6) is -0.249. The lowest BCUT2D eigenvalue weighted by Gasteiger charge is -2.13. The number of carbonyl (C=O) groups excluding carboxylic acids is 1. The zero-order valence-corrected chi connectivity index (χ0v) is 16.9. The van der Waals surface area contributed by atoms with Crippen molar-refractivity contribution in [2.45, 2.75) is 59.9 Å². The van der Waals surface area contributed by atoms with Gasteiger partial charge in [0, 0.05) is 29.9 Å². The number of amides is 1. The van der Waals surface area contributed by atoms with Gasteiger partial charge in [-0.3, -0.25) is 9.79 Å². The lowest BCUT2D eigenvalue weighted by Crippen LogP contribution is -2.30. The Kier molecular flexibility index (Phi) is 12.5. The number of carbonyl (C=O) groups is 1. The summed E-state index contributed by atoms with van der Waals surface area (Å²) in [5, 5.41) is 3.53. The average molecular weight is 366 g/mol. The van der Waals surface area contributed by atoms with Crippen molar-refractivity contribution in [3.05, 3.63) is 46.1 Å². The number of hydrogen-bond donors (Lipinski definition) is 2. The first-order chi connectivity index (χ1) is 12.0. The Morgan fingerprint density at radius 2 is 1.80 bits per heavy atom. The summed E-state index contributed by atoms with van der Waals surface area (Å²) in [6.07, 6.45) is 3.57. The molecule has 0 fully saturated rings. The van der Waals surface area contributed by atoms with E-state index in [2.05, 4.69) is 17.2 Å². The molecule has 1 amide bonds. The highest BCUT2D eigenvalue weighted by Gasteiger charge is 2.15. The maximum Gasteiger partial charge on any atom is 0.267 e. The van der Waals surface area contributed by atoms with Gasteiger partial charge in [-0.1, -0.05) is 57.8 Å². The fourth-order valence-corrected chi connectivity index (χ4v) is 2.44. The van der Waals surface area contributed by atoms with Crippen molar-refractivity contribution in [2.75, 3.05) is 7.05 Å². The molecule has 0 saturated heterocycles. The molecule has 0 aliphatic rings. The van der Waals surface area contributed by atoms with Crippen LogP contribution in [0, 0.1) is 0 Å². The number of halogens is 1. The SMILES string of the molecule is CC.CCCC/C(C(CC)=NC)=C(/N)C(=O)NCc1ccc(Cl)cc1. The maximum atomic E-state index is 12.3. The number of nitrogens with two attached hydrogens (primary N) is 1. The van der Waals surface area contributed by atoms with Crippen LogP contribution in [0.15, 0.2) is 40.5 Å². The van der Waals surface area contributed by atoms with Crippen molar-refractivity contribution in [3.63, 3.8) is 0 Å². The second-order valence-electron chi connectivity index (χ2n) is 5.33. The average Bonchev–Trinajstić information content (AvgIpc) is 2.65. The van der Waals surface area contributed by atoms with Crippen molar-refractivity contribution in [1.29, 1.82) is 0 Å². The second-order valence-corrected chi connectivity index (χ2v) is 5.77. The largest absolute Gasteiger partial charge is 0.394 e. The van der Waals surface area contributed by atoms with E-state index in [0.29, 0.717) is 11.6 Å². The first kappa shape index (κ1) is 23.2.